The van der Waals surface area contributed by atoms with Crippen molar-refractivity contribution < 1.29 is 9.53 Å². The standard InChI is InChI=1S/C21H27N3O2/c1-14-3-6-17(11-15(14)2)21(25)22-9-7-19-18-13-26-10-8-20(18)24(23-19)12-16-4-5-16/h3,6,11,16H,4-5,7-10,12-13H2,1-2H3,(H,22,25). The van der Waals surface area contributed by atoms with Crippen LogP contribution in [0.25, 0.3) is 0 Å². The van der Waals surface area contributed by atoms with Gasteiger partial charge in [-0.05, 0) is 55.9 Å². The van der Waals surface area contributed by atoms with Gasteiger partial charge in [0.25, 0.3) is 5.91 Å². The minimum atomic E-state index is -0.0179. The van der Waals surface area contributed by atoms with Crippen LogP contribution in [-0.4, -0.2) is 28.8 Å². The molecule has 0 atom stereocenters. The lowest BCUT2D eigenvalue weighted by atomic mass is 10.1. The number of amides is 1. The molecule has 1 amide bonds. The number of nitrogens with one attached hydrogen (secondary N) is 1. The summed E-state index contributed by atoms with van der Waals surface area (Å²) in [5.74, 6) is 0.787. The molecule has 2 aromatic rings. The van der Waals surface area contributed by atoms with Crippen LogP contribution in [0.3, 0.4) is 0 Å². The third-order valence-corrected chi connectivity index (χ3v) is 5.52. The van der Waals surface area contributed by atoms with Gasteiger partial charge in [-0.15, -0.1) is 0 Å². The van der Waals surface area contributed by atoms with Crippen LogP contribution in [0.2, 0.25) is 0 Å². The smallest absolute Gasteiger partial charge is 0.251 e. The minimum Gasteiger partial charge on any atom is -0.376 e. The zero-order valence-electron chi connectivity index (χ0n) is 15.7. The molecule has 5 nitrogen and oxygen atoms in total. The van der Waals surface area contributed by atoms with Crippen molar-refractivity contribution in [2.24, 2.45) is 5.92 Å². The maximum Gasteiger partial charge on any atom is 0.251 e. The molecule has 0 radical (unpaired) electrons. The van der Waals surface area contributed by atoms with Gasteiger partial charge in [0.05, 0.1) is 18.9 Å². The van der Waals surface area contributed by atoms with E-state index in [0.717, 1.165) is 48.7 Å². The molecule has 1 aliphatic carbocycles. The summed E-state index contributed by atoms with van der Waals surface area (Å²) in [5.41, 5.74) is 6.74. The van der Waals surface area contributed by atoms with Crippen LogP contribution in [0.15, 0.2) is 18.2 Å². The van der Waals surface area contributed by atoms with E-state index in [9.17, 15) is 4.79 Å². The first-order valence-corrected chi connectivity index (χ1v) is 9.62. The predicted octanol–water partition coefficient (Wildman–Crippen LogP) is 2.96. The van der Waals surface area contributed by atoms with E-state index in [2.05, 4.69) is 16.9 Å². The monoisotopic (exact) mass is 353 g/mol. The zero-order valence-corrected chi connectivity index (χ0v) is 15.7. The van der Waals surface area contributed by atoms with Gasteiger partial charge in [0.1, 0.15) is 0 Å². The second kappa shape index (κ2) is 7.23. The second-order valence-electron chi connectivity index (χ2n) is 7.60. The van der Waals surface area contributed by atoms with Crippen molar-refractivity contribution in [1.29, 1.82) is 0 Å². The molecule has 4 rings (SSSR count). The second-order valence-corrected chi connectivity index (χ2v) is 7.60. The van der Waals surface area contributed by atoms with Crippen molar-refractivity contribution in [3.05, 3.63) is 51.8 Å². The van der Waals surface area contributed by atoms with E-state index in [1.165, 1.54) is 29.7 Å². The third kappa shape index (κ3) is 3.68. The lowest BCUT2D eigenvalue weighted by Gasteiger charge is -2.15. The summed E-state index contributed by atoms with van der Waals surface area (Å²) in [6.45, 7) is 7.16. The van der Waals surface area contributed by atoms with Crippen LogP contribution in [0.1, 0.15) is 51.3 Å². The highest BCUT2D eigenvalue weighted by Gasteiger charge is 2.27. The Morgan fingerprint density at radius 3 is 2.92 bits per heavy atom. The normalized spacial score (nSPS) is 16.4. The van der Waals surface area contributed by atoms with Gasteiger partial charge in [-0.2, -0.15) is 5.10 Å². The molecule has 1 saturated carbocycles. The molecule has 1 aliphatic heterocycles. The Hall–Kier alpha value is -2.14. The Bertz CT molecular complexity index is 821. The SMILES string of the molecule is Cc1ccc(C(=O)NCCc2nn(CC3CC3)c3c2COCC3)cc1C. The molecule has 2 heterocycles. The van der Waals surface area contributed by atoms with Gasteiger partial charge in [0, 0.05) is 42.8 Å². The number of carbonyl (C=O) groups excluding carboxylic acids is 1. The highest BCUT2D eigenvalue weighted by Crippen LogP contribution is 2.32. The van der Waals surface area contributed by atoms with Crippen LogP contribution in [0, 0.1) is 19.8 Å². The van der Waals surface area contributed by atoms with E-state index in [1.807, 2.05) is 25.1 Å². The predicted molar refractivity (Wildman–Crippen MR) is 100 cm³/mol. The van der Waals surface area contributed by atoms with Gasteiger partial charge in [-0.3, -0.25) is 9.48 Å². The van der Waals surface area contributed by atoms with Crippen LogP contribution in [0.4, 0.5) is 0 Å². The Labute approximate surface area is 154 Å². The van der Waals surface area contributed by atoms with Crippen molar-refractivity contribution in [3.8, 4) is 0 Å². The van der Waals surface area contributed by atoms with E-state index >= 15 is 0 Å². The molecular weight excluding hydrogens is 326 g/mol. The van der Waals surface area contributed by atoms with E-state index in [0.29, 0.717) is 13.2 Å². The van der Waals surface area contributed by atoms with Gasteiger partial charge in [-0.1, -0.05) is 6.07 Å². The van der Waals surface area contributed by atoms with E-state index in [-0.39, 0.29) is 5.91 Å². The maximum atomic E-state index is 12.4. The van der Waals surface area contributed by atoms with E-state index < -0.39 is 0 Å². The highest BCUT2D eigenvalue weighted by atomic mass is 16.5. The molecule has 0 saturated heterocycles. The largest absolute Gasteiger partial charge is 0.376 e. The molecule has 138 valence electrons. The van der Waals surface area contributed by atoms with Gasteiger partial charge < -0.3 is 10.1 Å². The number of fused-ring (bicyclic) bond motifs is 1. The van der Waals surface area contributed by atoms with Gasteiger partial charge in [-0.25, -0.2) is 0 Å². The molecule has 0 unspecified atom stereocenters. The van der Waals surface area contributed by atoms with Crippen molar-refractivity contribution in [2.45, 2.75) is 52.7 Å². The topological polar surface area (TPSA) is 56.2 Å². The van der Waals surface area contributed by atoms with Crippen LogP contribution in [0.5, 0.6) is 0 Å². The number of hydrogen-bond donors (Lipinski definition) is 1. The van der Waals surface area contributed by atoms with E-state index in [4.69, 9.17) is 9.84 Å². The molecule has 1 N–H and O–H groups in total. The summed E-state index contributed by atoms with van der Waals surface area (Å²) in [6, 6.07) is 5.83. The number of aryl methyl sites for hydroxylation is 2. The summed E-state index contributed by atoms with van der Waals surface area (Å²) in [5, 5.41) is 7.89. The molecule has 1 aromatic carbocycles. The van der Waals surface area contributed by atoms with E-state index in [1.54, 1.807) is 0 Å². The Balaban J connectivity index is 1.40. The Morgan fingerprint density at radius 1 is 1.31 bits per heavy atom. The fourth-order valence-electron chi connectivity index (χ4n) is 3.55. The average Bonchev–Trinajstić information content (AvgIpc) is 3.39. The van der Waals surface area contributed by atoms with Crippen LogP contribution < -0.4 is 5.32 Å². The van der Waals surface area contributed by atoms with Gasteiger partial charge >= 0.3 is 0 Å². The third-order valence-electron chi connectivity index (χ3n) is 5.52. The van der Waals surface area contributed by atoms with Gasteiger partial charge in [0.15, 0.2) is 0 Å². The molecule has 0 spiro atoms. The van der Waals surface area contributed by atoms with Crippen molar-refractivity contribution in [2.75, 3.05) is 13.2 Å². The molecule has 5 heteroatoms. The quantitative estimate of drug-likeness (QED) is 0.869. The van der Waals surface area contributed by atoms with Gasteiger partial charge in [0.2, 0.25) is 0 Å². The number of benzene rings is 1. The summed E-state index contributed by atoms with van der Waals surface area (Å²) in [7, 11) is 0. The number of hydrogen-bond acceptors (Lipinski definition) is 3. The van der Waals surface area contributed by atoms with Crippen molar-refractivity contribution in [3.63, 3.8) is 0 Å². The fraction of sp³-hybridized carbons (Fsp3) is 0.524. The molecule has 0 bridgehead atoms. The summed E-state index contributed by atoms with van der Waals surface area (Å²) >= 11 is 0. The number of rotatable bonds is 6. The first-order chi connectivity index (χ1) is 12.6. The lowest BCUT2D eigenvalue weighted by Crippen LogP contribution is -2.26. The molecular formula is C21H27N3O2. The summed E-state index contributed by atoms with van der Waals surface area (Å²) in [4.78, 5) is 12.4. The summed E-state index contributed by atoms with van der Waals surface area (Å²) in [6.07, 6.45) is 4.35. The Kier molecular flexibility index (Phi) is 4.81. The summed E-state index contributed by atoms with van der Waals surface area (Å²) < 4.78 is 7.86. The van der Waals surface area contributed by atoms with Crippen molar-refractivity contribution >= 4 is 5.91 Å². The number of carbonyl (C=O) groups is 1. The number of nitrogens with zero attached hydrogens (tertiary/aromatic N) is 2. The van der Waals surface area contributed by atoms with Crippen molar-refractivity contribution in [1.82, 2.24) is 15.1 Å². The Morgan fingerprint density at radius 2 is 2.15 bits per heavy atom. The number of ether oxygens (including phenoxy) is 1. The molecule has 1 fully saturated rings. The molecule has 26 heavy (non-hydrogen) atoms. The molecule has 1 aromatic heterocycles. The number of aromatic nitrogens is 2. The first-order valence-electron chi connectivity index (χ1n) is 9.62. The highest BCUT2D eigenvalue weighted by molar-refractivity contribution is 5.94. The van der Waals surface area contributed by atoms with Crippen LogP contribution in [-0.2, 0) is 30.7 Å². The molecule has 2 aliphatic rings. The maximum absolute atomic E-state index is 12.4. The first kappa shape index (κ1) is 17.3. The fourth-order valence-corrected chi connectivity index (χ4v) is 3.55. The minimum absolute atomic E-state index is 0.0179. The lowest BCUT2D eigenvalue weighted by molar-refractivity contribution is 0.0953. The van der Waals surface area contributed by atoms with Crippen LogP contribution >= 0.6 is 0 Å². The zero-order chi connectivity index (χ0) is 18.1. The average molecular weight is 353 g/mol.